The third kappa shape index (κ3) is 1.65. The van der Waals surface area contributed by atoms with Crippen LogP contribution in [0.5, 0.6) is 5.75 Å². The fraction of sp³-hybridized carbons (Fsp3) is 0.400. The molecule has 0 saturated heterocycles. The minimum atomic E-state index is -0.910. The lowest BCUT2D eigenvalue weighted by Crippen LogP contribution is -2.44. The van der Waals surface area contributed by atoms with Gasteiger partial charge < -0.3 is 10.2 Å². The smallest absolute Gasteiger partial charge is 0.123 e. The number of rotatable bonds is 1. The molecule has 1 aliphatic rings. The summed E-state index contributed by atoms with van der Waals surface area (Å²) < 4.78 is 0. The Morgan fingerprint density at radius 3 is 2.00 bits per heavy atom. The van der Waals surface area contributed by atoms with Crippen molar-refractivity contribution in [3.63, 3.8) is 0 Å². The molecule has 116 valence electrons. The van der Waals surface area contributed by atoms with Crippen LogP contribution in [-0.4, -0.2) is 10.2 Å². The van der Waals surface area contributed by atoms with Crippen LogP contribution < -0.4 is 0 Å². The Kier molecular flexibility index (Phi) is 2.99. The van der Waals surface area contributed by atoms with Crippen molar-refractivity contribution in [2.75, 3.05) is 0 Å². The average Bonchev–Trinajstić information content (AvgIpc) is 2.56. The van der Waals surface area contributed by atoms with Crippen LogP contribution in [0.4, 0.5) is 0 Å². The standard InChI is InChI=1S/C20H24O2/c1-18(2)17-14(13-9-6-7-12-16(13)21)10-8-11-15(17)20(5,22)19(18,3)4/h6-12,21-22H,1-5H3. The zero-order valence-electron chi connectivity index (χ0n) is 13.9. The van der Waals surface area contributed by atoms with Gasteiger partial charge >= 0.3 is 0 Å². The molecule has 0 heterocycles. The lowest BCUT2D eigenvalue weighted by Gasteiger charge is -2.43. The summed E-state index contributed by atoms with van der Waals surface area (Å²) in [6, 6.07) is 13.4. The largest absolute Gasteiger partial charge is 0.507 e. The molecule has 2 N–H and O–H groups in total. The van der Waals surface area contributed by atoms with Gasteiger partial charge in [0.25, 0.3) is 0 Å². The molecule has 0 radical (unpaired) electrons. The predicted molar refractivity (Wildman–Crippen MR) is 89.9 cm³/mol. The van der Waals surface area contributed by atoms with Crippen molar-refractivity contribution < 1.29 is 10.2 Å². The Morgan fingerprint density at radius 2 is 1.36 bits per heavy atom. The number of hydrogen-bond acceptors (Lipinski definition) is 2. The summed E-state index contributed by atoms with van der Waals surface area (Å²) in [6.45, 7) is 10.5. The zero-order valence-corrected chi connectivity index (χ0v) is 13.9. The quantitative estimate of drug-likeness (QED) is 0.808. The van der Waals surface area contributed by atoms with Crippen LogP contribution in [0.15, 0.2) is 42.5 Å². The predicted octanol–water partition coefficient (Wildman–Crippen LogP) is 4.58. The summed E-state index contributed by atoms with van der Waals surface area (Å²) in [5, 5.41) is 21.5. The van der Waals surface area contributed by atoms with Crippen LogP contribution in [0.1, 0.15) is 45.7 Å². The molecule has 0 aliphatic heterocycles. The highest BCUT2D eigenvalue weighted by Gasteiger charge is 2.59. The number of hydrogen-bond donors (Lipinski definition) is 2. The average molecular weight is 296 g/mol. The maximum atomic E-state index is 11.2. The van der Waals surface area contributed by atoms with Crippen molar-refractivity contribution in [2.24, 2.45) is 5.41 Å². The third-order valence-electron chi connectivity index (χ3n) is 6.19. The molecule has 0 spiro atoms. The molecule has 2 aromatic carbocycles. The van der Waals surface area contributed by atoms with Gasteiger partial charge in [0, 0.05) is 11.0 Å². The van der Waals surface area contributed by atoms with Gasteiger partial charge in [-0.15, -0.1) is 0 Å². The van der Waals surface area contributed by atoms with E-state index in [2.05, 4.69) is 27.7 Å². The van der Waals surface area contributed by atoms with E-state index in [1.54, 1.807) is 6.07 Å². The Bertz CT molecular complexity index is 739. The van der Waals surface area contributed by atoms with Gasteiger partial charge in [-0.05, 0) is 35.1 Å². The van der Waals surface area contributed by atoms with Crippen molar-refractivity contribution in [3.8, 4) is 16.9 Å². The van der Waals surface area contributed by atoms with Crippen molar-refractivity contribution in [1.29, 1.82) is 0 Å². The SMILES string of the molecule is CC1(C)c2c(-c3ccccc3O)cccc2C(C)(O)C1(C)C. The second kappa shape index (κ2) is 4.36. The number of phenols is 1. The molecular formula is C20H24O2. The summed E-state index contributed by atoms with van der Waals surface area (Å²) in [7, 11) is 0. The van der Waals surface area contributed by atoms with Crippen molar-refractivity contribution in [1.82, 2.24) is 0 Å². The van der Waals surface area contributed by atoms with Gasteiger partial charge in [-0.2, -0.15) is 0 Å². The van der Waals surface area contributed by atoms with Crippen LogP contribution in [0.25, 0.3) is 11.1 Å². The van der Waals surface area contributed by atoms with Crippen LogP contribution in [-0.2, 0) is 11.0 Å². The lowest BCUT2D eigenvalue weighted by molar-refractivity contribution is -0.0728. The number of aromatic hydroxyl groups is 1. The highest BCUT2D eigenvalue weighted by Crippen LogP contribution is 2.62. The van der Waals surface area contributed by atoms with E-state index in [4.69, 9.17) is 0 Å². The van der Waals surface area contributed by atoms with E-state index in [0.29, 0.717) is 0 Å². The van der Waals surface area contributed by atoms with Crippen molar-refractivity contribution >= 4 is 0 Å². The molecule has 0 fully saturated rings. The summed E-state index contributed by atoms with van der Waals surface area (Å²) >= 11 is 0. The molecule has 1 aliphatic carbocycles. The summed E-state index contributed by atoms with van der Waals surface area (Å²) in [6.07, 6.45) is 0. The molecule has 1 atom stereocenters. The number of para-hydroxylation sites is 1. The monoisotopic (exact) mass is 296 g/mol. The van der Waals surface area contributed by atoms with Gasteiger partial charge in [-0.1, -0.05) is 64.1 Å². The fourth-order valence-electron chi connectivity index (χ4n) is 3.81. The molecule has 1 unspecified atom stereocenters. The van der Waals surface area contributed by atoms with Crippen LogP contribution >= 0.6 is 0 Å². The second-order valence-electron chi connectivity index (χ2n) is 7.57. The third-order valence-corrected chi connectivity index (χ3v) is 6.19. The Balaban J connectivity index is 2.38. The zero-order chi connectivity index (χ0) is 16.3. The topological polar surface area (TPSA) is 40.5 Å². The molecule has 3 rings (SSSR count). The molecule has 22 heavy (non-hydrogen) atoms. The minimum Gasteiger partial charge on any atom is -0.507 e. The maximum absolute atomic E-state index is 11.2. The van der Waals surface area contributed by atoms with Gasteiger partial charge in [-0.3, -0.25) is 0 Å². The van der Waals surface area contributed by atoms with Crippen LogP contribution in [0.3, 0.4) is 0 Å². The van der Waals surface area contributed by atoms with Crippen LogP contribution in [0, 0.1) is 5.41 Å². The highest BCUT2D eigenvalue weighted by atomic mass is 16.3. The molecule has 0 aromatic heterocycles. The molecule has 0 amide bonds. The first kappa shape index (κ1) is 15.1. The number of benzene rings is 2. The normalized spacial score (nSPS) is 25.0. The molecule has 0 saturated carbocycles. The lowest BCUT2D eigenvalue weighted by atomic mass is 9.63. The van der Waals surface area contributed by atoms with Gasteiger partial charge in [0.1, 0.15) is 5.75 Å². The van der Waals surface area contributed by atoms with Gasteiger partial charge in [0.15, 0.2) is 0 Å². The van der Waals surface area contributed by atoms with E-state index in [-0.39, 0.29) is 16.6 Å². The maximum Gasteiger partial charge on any atom is 0.123 e. The van der Waals surface area contributed by atoms with Gasteiger partial charge in [0.05, 0.1) is 5.60 Å². The van der Waals surface area contributed by atoms with E-state index in [9.17, 15) is 10.2 Å². The highest BCUT2D eigenvalue weighted by molar-refractivity contribution is 5.77. The Hall–Kier alpha value is -1.80. The molecule has 2 heteroatoms. The fourth-order valence-corrected chi connectivity index (χ4v) is 3.81. The van der Waals surface area contributed by atoms with Crippen molar-refractivity contribution in [2.45, 2.75) is 45.6 Å². The first-order valence-electron chi connectivity index (χ1n) is 7.77. The Labute approximate surface area is 132 Å². The van der Waals surface area contributed by atoms with E-state index in [1.165, 1.54) is 0 Å². The summed E-state index contributed by atoms with van der Waals surface area (Å²) in [5.41, 5.74) is 2.47. The second-order valence-corrected chi connectivity index (χ2v) is 7.57. The van der Waals surface area contributed by atoms with Crippen molar-refractivity contribution in [3.05, 3.63) is 53.6 Å². The summed E-state index contributed by atoms with van der Waals surface area (Å²) in [4.78, 5) is 0. The molecule has 0 bridgehead atoms. The first-order chi connectivity index (χ1) is 10.1. The Morgan fingerprint density at radius 1 is 0.773 bits per heavy atom. The molecule has 2 aromatic rings. The van der Waals surface area contributed by atoms with E-state index in [1.807, 2.05) is 43.3 Å². The van der Waals surface area contributed by atoms with E-state index in [0.717, 1.165) is 22.3 Å². The molecule has 2 nitrogen and oxygen atoms in total. The van der Waals surface area contributed by atoms with E-state index >= 15 is 0 Å². The van der Waals surface area contributed by atoms with E-state index < -0.39 is 5.60 Å². The minimum absolute atomic E-state index is 0.218. The van der Waals surface area contributed by atoms with Gasteiger partial charge in [0.2, 0.25) is 0 Å². The molecular weight excluding hydrogens is 272 g/mol. The van der Waals surface area contributed by atoms with Crippen LogP contribution in [0.2, 0.25) is 0 Å². The number of phenolic OH excluding ortho intramolecular Hbond substituents is 1. The number of aliphatic hydroxyl groups is 1. The first-order valence-corrected chi connectivity index (χ1v) is 7.77. The summed E-state index contributed by atoms with van der Waals surface area (Å²) in [5.74, 6) is 0.274. The number of fused-ring (bicyclic) bond motifs is 1. The van der Waals surface area contributed by atoms with Gasteiger partial charge in [-0.25, -0.2) is 0 Å².